The highest BCUT2D eigenvalue weighted by molar-refractivity contribution is 6.01. The highest BCUT2D eigenvalue weighted by atomic mass is 16.6. The Morgan fingerprint density at radius 1 is 0.704 bits per heavy atom. The average Bonchev–Trinajstić information content (AvgIpc) is 3.00. The first-order valence-electron chi connectivity index (χ1n) is 8.80. The number of hydrogen-bond acceptors (Lipinski definition) is 3. The van der Waals surface area contributed by atoms with Gasteiger partial charge in [0.05, 0.1) is 5.56 Å². The topological polar surface area (TPSA) is 46.5 Å². The van der Waals surface area contributed by atoms with E-state index in [-0.39, 0.29) is 11.7 Å². The molecule has 1 aliphatic rings. The van der Waals surface area contributed by atoms with Gasteiger partial charge < -0.3 is 9.84 Å². The average molecular weight is 352 g/mol. The molecule has 0 radical (unpaired) electrons. The van der Waals surface area contributed by atoms with E-state index in [9.17, 15) is 9.90 Å². The predicted octanol–water partition coefficient (Wildman–Crippen LogP) is 5.01. The Bertz CT molecular complexity index is 1160. The zero-order valence-corrected chi connectivity index (χ0v) is 14.4. The summed E-state index contributed by atoms with van der Waals surface area (Å²) in [6, 6.07) is 28.5. The van der Waals surface area contributed by atoms with Gasteiger partial charge in [-0.1, -0.05) is 66.7 Å². The van der Waals surface area contributed by atoms with Gasteiger partial charge in [0.1, 0.15) is 5.75 Å². The molecule has 0 spiro atoms. The molecule has 0 saturated carbocycles. The van der Waals surface area contributed by atoms with Crippen molar-refractivity contribution in [2.75, 3.05) is 0 Å². The largest absolute Gasteiger partial charge is 0.508 e. The summed E-state index contributed by atoms with van der Waals surface area (Å²) in [5.41, 5.74) is 2.03. The fourth-order valence-electron chi connectivity index (χ4n) is 3.91. The number of hydrogen-bond donors (Lipinski definition) is 1. The van der Waals surface area contributed by atoms with Crippen LogP contribution in [0.2, 0.25) is 0 Å². The van der Waals surface area contributed by atoms with Crippen LogP contribution in [0.15, 0.2) is 91.0 Å². The lowest BCUT2D eigenvalue weighted by molar-refractivity contribution is 0.0251. The molecule has 130 valence electrons. The maximum absolute atomic E-state index is 12.9. The number of ether oxygens (including phenoxy) is 1. The summed E-state index contributed by atoms with van der Waals surface area (Å²) in [5.74, 6) is -0.169. The monoisotopic (exact) mass is 352 g/mol. The van der Waals surface area contributed by atoms with E-state index in [1.165, 1.54) is 0 Å². The third-order valence-electron chi connectivity index (χ3n) is 5.19. The first-order chi connectivity index (χ1) is 13.2. The Morgan fingerprint density at radius 3 is 2.00 bits per heavy atom. The van der Waals surface area contributed by atoms with Crippen molar-refractivity contribution in [2.45, 2.75) is 5.60 Å². The molecule has 0 bridgehead atoms. The summed E-state index contributed by atoms with van der Waals surface area (Å²) in [5, 5.41) is 11.8. The third-order valence-corrected chi connectivity index (χ3v) is 5.19. The molecule has 1 heterocycles. The van der Waals surface area contributed by atoms with Crippen molar-refractivity contribution in [2.24, 2.45) is 0 Å². The highest BCUT2D eigenvalue weighted by Gasteiger charge is 2.48. The minimum absolute atomic E-state index is 0.171. The van der Waals surface area contributed by atoms with Crippen molar-refractivity contribution in [3.8, 4) is 5.75 Å². The van der Waals surface area contributed by atoms with Crippen LogP contribution < -0.4 is 0 Å². The molecule has 1 aliphatic heterocycles. The molecule has 27 heavy (non-hydrogen) atoms. The van der Waals surface area contributed by atoms with Gasteiger partial charge in [0.15, 0.2) is 5.60 Å². The number of carbonyl (C=O) groups is 1. The number of fused-ring (bicyclic) bond motifs is 2. The van der Waals surface area contributed by atoms with Crippen LogP contribution in [-0.2, 0) is 10.3 Å². The second kappa shape index (κ2) is 5.71. The van der Waals surface area contributed by atoms with Crippen LogP contribution in [0.1, 0.15) is 27.0 Å². The maximum atomic E-state index is 12.9. The standard InChI is InChI=1S/C24H16O3/c25-20-12-10-19(11-13-20)24(18-8-2-1-3-9-18)22-15-17-7-5-4-6-16(17)14-21(22)23(26)27-24/h1-15,25H. The molecule has 0 aliphatic carbocycles. The summed E-state index contributed by atoms with van der Waals surface area (Å²) in [7, 11) is 0. The fourth-order valence-corrected chi connectivity index (χ4v) is 3.91. The molecular weight excluding hydrogens is 336 g/mol. The highest BCUT2D eigenvalue weighted by Crippen LogP contribution is 2.48. The molecule has 4 aromatic carbocycles. The Hall–Kier alpha value is -3.59. The zero-order chi connectivity index (χ0) is 18.4. The Kier molecular flexibility index (Phi) is 3.31. The number of phenols is 1. The number of rotatable bonds is 2. The number of esters is 1. The van der Waals surface area contributed by atoms with Gasteiger partial charge in [-0.25, -0.2) is 4.79 Å². The molecule has 4 aromatic rings. The summed E-state index contributed by atoms with van der Waals surface area (Å²) >= 11 is 0. The van der Waals surface area contributed by atoms with Crippen LogP contribution in [0.3, 0.4) is 0 Å². The van der Waals surface area contributed by atoms with Gasteiger partial charge in [-0.2, -0.15) is 0 Å². The van der Waals surface area contributed by atoms with E-state index in [4.69, 9.17) is 4.74 Å². The molecule has 1 unspecified atom stereocenters. The first-order valence-corrected chi connectivity index (χ1v) is 8.80. The summed E-state index contributed by atoms with van der Waals surface area (Å²) < 4.78 is 6.08. The molecule has 3 nitrogen and oxygen atoms in total. The molecule has 0 fully saturated rings. The van der Waals surface area contributed by atoms with E-state index >= 15 is 0 Å². The molecule has 1 N–H and O–H groups in total. The van der Waals surface area contributed by atoms with Crippen LogP contribution in [-0.4, -0.2) is 11.1 Å². The van der Waals surface area contributed by atoms with Crippen molar-refractivity contribution in [3.63, 3.8) is 0 Å². The van der Waals surface area contributed by atoms with E-state index in [0.717, 1.165) is 27.5 Å². The van der Waals surface area contributed by atoms with Gasteiger partial charge in [0.25, 0.3) is 0 Å². The van der Waals surface area contributed by atoms with Crippen molar-refractivity contribution in [1.29, 1.82) is 0 Å². The normalized spacial score (nSPS) is 18.3. The van der Waals surface area contributed by atoms with Gasteiger partial charge >= 0.3 is 5.97 Å². The van der Waals surface area contributed by atoms with Crippen molar-refractivity contribution < 1.29 is 14.6 Å². The Labute approximate surface area is 156 Å². The Balaban J connectivity index is 1.87. The lowest BCUT2D eigenvalue weighted by atomic mass is 9.79. The maximum Gasteiger partial charge on any atom is 0.340 e. The van der Waals surface area contributed by atoms with E-state index in [1.807, 2.05) is 66.7 Å². The molecule has 0 amide bonds. The molecule has 0 saturated heterocycles. The minimum Gasteiger partial charge on any atom is -0.508 e. The van der Waals surface area contributed by atoms with Crippen molar-refractivity contribution >= 4 is 16.7 Å². The van der Waals surface area contributed by atoms with E-state index in [0.29, 0.717) is 5.56 Å². The lowest BCUT2D eigenvalue weighted by Gasteiger charge is -2.30. The quantitative estimate of drug-likeness (QED) is 0.516. The van der Waals surface area contributed by atoms with Gasteiger partial charge in [-0.05, 0) is 35.0 Å². The molecule has 3 heteroatoms. The van der Waals surface area contributed by atoms with E-state index in [1.54, 1.807) is 24.3 Å². The van der Waals surface area contributed by atoms with Crippen LogP contribution in [0.5, 0.6) is 5.75 Å². The van der Waals surface area contributed by atoms with E-state index < -0.39 is 5.60 Å². The zero-order valence-electron chi connectivity index (χ0n) is 14.4. The number of carbonyl (C=O) groups excluding carboxylic acids is 1. The van der Waals surface area contributed by atoms with Gasteiger partial charge in [0.2, 0.25) is 0 Å². The van der Waals surface area contributed by atoms with Gasteiger partial charge in [-0.15, -0.1) is 0 Å². The number of benzene rings is 4. The predicted molar refractivity (Wildman–Crippen MR) is 104 cm³/mol. The first kappa shape index (κ1) is 15.6. The van der Waals surface area contributed by atoms with Crippen LogP contribution in [0.25, 0.3) is 10.8 Å². The van der Waals surface area contributed by atoms with Crippen LogP contribution in [0, 0.1) is 0 Å². The van der Waals surface area contributed by atoms with Crippen LogP contribution >= 0.6 is 0 Å². The minimum atomic E-state index is -1.04. The third kappa shape index (κ3) is 2.25. The number of phenolic OH excluding ortho intramolecular Hbond substituents is 1. The number of cyclic esters (lactones) is 1. The van der Waals surface area contributed by atoms with E-state index in [2.05, 4.69) is 0 Å². The molecule has 0 aromatic heterocycles. The Morgan fingerprint density at radius 2 is 1.30 bits per heavy atom. The molecule has 5 rings (SSSR count). The number of aromatic hydroxyl groups is 1. The van der Waals surface area contributed by atoms with Gasteiger partial charge in [-0.3, -0.25) is 0 Å². The lowest BCUT2D eigenvalue weighted by Crippen LogP contribution is -2.29. The summed E-state index contributed by atoms with van der Waals surface area (Å²) in [4.78, 5) is 12.9. The second-order valence-corrected chi connectivity index (χ2v) is 6.73. The molecule has 1 atom stereocenters. The van der Waals surface area contributed by atoms with Gasteiger partial charge in [0, 0.05) is 16.7 Å². The van der Waals surface area contributed by atoms with Crippen LogP contribution in [0.4, 0.5) is 0 Å². The van der Waals surface area contributed by atoms with Crippen molar-refractivity contribution in [3.05, 3.63) is 113 Å². The summed E-state index contributed by atoms with van der Waals surface area (Å²) in [6.45, 7) is 0. The van der Waals surface area contributed by atoms with Crippen molar-refractivity contribution in [1.82, 2.24) is 0 Å². The second-order valence-electron chi connectivity index (χ2n) is 6.73. The summed E-state index contributed by atoms with van der Waals surface area (Å²) in [6.07, 6.45) is 0. The SMILES string of the molecule is O=C1OC(c2ccccc2)(c2ccc(O)cc2)c2cc3ccccc3cc21. The smallest absolute Gasteiger partial charge is 0.340 e. The molecular formula is C24H16O3. The fraction of sp³-hybridized carbons (Fsp3) is 0.0417.